The first kappa shape index (κ1) is 19.6. The number of carbonyl (C=O) groups excluding carboxylic acids is 1. The molecule has 1 aliphatic heterocycles. The average molecular weight is 387 g/mol. The number of ether oxygens (including phenoxy) is 1. The molecule has 28 heavy (non-hydrogen) atoms. The second-order valence-corrected chi connectivity index (χ2v) is 6.65. The molecule has 0 bridgehead atoms. The van der Waals surface area contributed by atoms with Crippen LogP contribution in [0.1, 0.15) is 25.7 Å². The van der Waals surface area contributed by atoms with Crippen molar-refractivity contribution in [2.45, 2.75) is 25.7 Å². The lowest BCUT2D eigenvalue weighted by Gasteiger charge is -2.22. The molecule has 1 amide bonds. The number of halogens is 1. The molecule has 0 atom stereocenters. The van der Waals surface area contributed by atoms with E-state index >= 15 is 0 Å². The normalized spacial score (nSPS) is 14.2. The number of hydrogen-bond acceptors (Lipinski definition) is 5. The van der Waals surface area contributed by atoms with E-state index in [4.69, 9.17) is 4.74 Å². The van der Waals surface area contributed by atoms with Crippen LogP contribution in [0.3, 0.4) is 0 Å². The molecular formula is C20H22FN3O4. The summed E-state index contributed by atoms with van der Waals surface area (Å²) in [6.45, 7) is 1.61. The Kier molecular flexibility index (Phi) is 6.41. The van der Waals surface area contributed by atoms with Crippen LogP contribution < -0.4 is 15.0 Å². The van der Waals surface area contributed by atoms with Gasteiger partial charge in [0.15, 0.2) is 6.61 Å². The van der Waals surface area contributed by atoms with Crippen LogP contribution in [-0.4, -0.2) is 30.5 Å². The maximum absolute atomic E-state index is 13.3. The summed E-state index contributed by atoms with van der Waals surface area (Å²) in [7, 11) is 0. The molecule has 0 unspecified atom stereocenters. The summed E-state index contributed by atoms with van der Waals surface area (Å²) in [4.78, 5) is 24.7. The lowest BCUT2D eigenvalue weighted by atomic mass is 10.2. The van der Waals surface area contributed by atoms with Crippen LogP contribution in [0.25, 0.3) is 0 Å². The van der Waals surface area contributed by atoms with Crippen molar-refractivity contribution in [3.63, 3.8) is 0 Å². The van der Waals surface area contributed by atoms with Crippen LogP contribution in [0.15, 0.2) is 42.5 Å². The van der Waals surface area contributed by atoms with E-state index in [-0.39, 0.29) is 5.75 Å². The van der Waals surface area contributed by atoms with Crippen LogP contribution >= 0.6 is 0 Å². The summed E-state index contributed by atoms with van der Waals surface area (Å²) in [5.41, 5.74) is 1.32. The largest absolute Gasteiger partial charge is 0.477 e. The van der Waals surface area contributed by atoms with Crippen LogP contribution in [0.5, 0.6) is 5.75 Å². The Bertz CT molecular complexity index is 834. The van der Waals surface area contributed by atoms with Crippen molar-refractivity contribution in [1.29, 1.82) is 0 Å². The smallest absolute Gasteiger partial charge is 0.311 e. The van der Waals surface area contributed by atoms with E-state index in [1.165, 1.54) is 25.7 Å². The summed E-state index contributed by atoms with van der Waals surface area (Å²) in [6.07, 6.45) is 4.88. The molecule has 1 heterocycles. The molecule has 1 saturated heterocycles. The number of anilines is 2. The Labute approximate surface area is 162 Å². The van der Waals surface area contributed by atoms with Crippen LogP contribution in [0.2, 0.25) is 0 Å². The maximum Gasteiger partial charge on any atom is 0.311 e. The lowest BCUT2D eigenvalue weighted by Crippen LogP contribution is -2.24. The molecule has 3 rings (SSSR count). The van der Waals surface area contributed by atoms with E-state index in [0.29, 0.717) is 5.69 Å². The Hall–Kier alpha value is -3.16. The molecule has 2 aromatic rings. The summed E-state index contributed by atoms with van der Waals surface area (Å²) >= 11 is 0. The first-order chi connectivity index (χ1) is 13.5. The van der Waals surface area contributed by atoms with Crippen molar-refractivity contribution in [1.82, 2.24) is 0 Å². The lowest BCUT2D eigenvalue weighted by molar-refractivity contribution is -0.385. The molecule has 2 aromatic carbocycles. The monoisotopic (exact) mass is 387 g/mol. The molecule has 7 nitrogen and oxygen atoms in total. The number of nitro benzene ring substituents is 1. The second kappa shape index (κ2) is 9.16. The van der Waals surface area contributed by atoms with Gasteiger partial charge in [0.05, 0.1) is 4.92 Å². The summed E-state index contributed by atoms with van der Waals surface area (Å²) < 4.78 is 18.4. The zero-order chi connectivity index (χ0) is 19.9. The molecule has 148 valence electrons. The SMILES string of the molecule is O=C(COc1cc(F)ccc1[N+](=O)[O-])Nc1ccc(N2CCCCCC2)cc1. The van der Waals surface area contributed by atoms with Crippen molar-refractivity contribution < 1.29 is 18.8 Å². The van der Waals surface area contributed by atoms with Gasteiger partial charge in [0.1, 0.15) is 5.82 Å². The highest BCUT2D eigenvalue weighted by Gasteiger charge is 2.17. The summed E-state index contributed by atoms with van der Waals surface area (Å²) in [5.74, 6) is -1.44. The van der Waals surface area contributed by atoms with E-state index in [9.17, 15) is 19.3 Å². The molecule has 0 aromatic heterocycles. The predicted molar refractivity (Wildman–Crippen MR) is 104 cm³/mol. The third-order valence-electron chi connectivity index (χ3n) is 4.60. The van der Waals surface area contributed by atoms with Crippen LogP contribution in [0.4, 0.5) is 21.5 Å². The van der Waals surface area contributed by atoms with Crippen molar-refractivity contribution >= 4 is 23.0 Å². The highest BCUT2D eigenvalue weighted by Crippen LogP contribution is 2.27. The van der Waals surface area contributed by atoms with E-state index in [0.717, 1.165) is 37.0 Å². The van der Waals surface area contributed by atoms with Crippen molar-refractivity contribution in [2.24, 2.45) is 0 Å². The minimum Gasteiger partial charge on any atom is -0.477 e. The van der Waals surface area contributed by atoms with E-state index in [2.05, 4.69) is 10.2 Å². The first-order valence-corrected chi connectivity index (χ1v) is 9.24. The van der Waals surface area contributed by atoms with Gasteiger partial charge in [0, 0.05) is 36.6 Å². The van der Waals surface area contributed by atoms with Gasteiger partial charge in [-0.3, -0.25) is 14.9 Å². The Morgan fingerprint density at radius 3 is 2.43 bits per heavy atom. The number of amides is 1. The highest BCUT2D eigenvalue weighted by molar-refractivity contribution is 5.92. The van der Waals surface area contributed by atoms with Gasteiger partial charge in [-0.1, -0.05) is 12.8 Å². The number of hydrogen-bond donors (Lipinski definition) is 1. The highest BCUT2D eigenvalue weighted by atomic mass is 19.1. The Morgan fingerprint density at radius 1 is 1.11 bits per heavy atom. The van der Waals surface area contributed by atoms with Gasteiger partial charge in [0.2, 0.25) is 5.75 Å². The quantitative estimate of drug-likeness (QED) is 0.595. The molecule has 1 aliphatic rings. The van der Waals surface area contributed by atoms with Gasteiger partial charge in [-0.15, -0.1) is 0 Å². The van der Waals surface area contributed by atoms with Crippen LogP contribution in [-0.2, 0) is 4.79 Å². The topological polar surface area (TPSA) is 84.7 Å². The second-order valence-electron chi connectivity index (χ2n) is 6.65. The molecule has 8 heteroatoms. The number of nitro groups is 1. The number of benzene rings is 2. The Balaban J connectivity index is 1.56. The number of rotatable bonds is 6. The molecule has 0 saturated carbocycles. The average Bonchev–Trinajstić information content (AvgIpc) is 2.96. The Morgan fingerprint density at radius 2 is 1.79 bits per heavy atom. The molecule has 1 fully saturated rings. The van der Waals surface area contributed by atoms with Crippen molar-refractivity contribution in [3.05, 3.63) is 58.4 Å². The fourth-order valence-electron chi connectivity index (χ4n) is 3.18. The number of nitrogens with one attached hydrogen (secondary N) is 1. The number of carbonyl (C=O) groups is 1. The van der Waals surface area contributed by atoms with Crippen molar-refractivity contribution in [3.8, 4) is 5.75 Å². The predicted octanol–water partition coefficient (Wildman–Crippen LogP) is 4.13. The van der Waals surface area contributed by atoms with Crippen LogP contribution in [0, 0.1) is 15.9 Å². The fraction of sp³-hybridized carbons (Fsp3) is 0.350. The van der Waals surface area contributed by atoms with E-state index in [1.54, 1.807) is 0 Å². The minimum atomic E-state index is -0.686. The molecular weight excluding hydrogens is 365 g/mol. The zero-order valence-corrected chi connectivity index (χ0v) is 15.4. The van der Waals surface area contributed by atoms with Gasteiger partial charge in [-0.2, -0.15) is 0 Å². The van der Waals surface area contributed by atoms with Gasteiger partial charge >= 0.3 is 5.69 Å². The fourth-order valence-corrected chi connectivity index (χ4v) is 3.18. The zero-order valence-electron chi connectivity index (χ0n) is 15.4. The number of nitrogens with zero attached hydrogens (tertiary/aromatic N) is 2. The van der Waals surface area contributed by atoms with Gasteiger partial charge in [0.25, 0.3) is 5.91 Å². The molecule has 1 N–H and O–H groups in total. The standard InChI is InChI=1S/C20H22FN3O4/c21-15-5-10-18(24(26)27)19(13-15)28-14-20(25)22-16-6-8-17(9-7-16)23-11-3-1-2-4-12-23/h5-10,13H,1-4,11-12,14H2,(H,22,25). The van der Waals surface area contributed by atoms with E-state index < -0.39 is 28.9 Å². The van der Waals surface area contributed by atoms with Crippen molar-refractivity contribution in [2.75, 3.05) is 29.9 Å². The third kappa shape index (κ3) is 5.18. The summed E-state index contributed by atoms with van der Waals surface area (Å²) in [5, 5.41) is 13.6. The minimum absolute atomic E-state index is 0.281. The van der Waals surface area contributed by atoms with Gasteiger partial charge in [-0.25, -0.2) is 4.39 Å². The first-order valence-electron chi connectivity index (χ1n) is 9.24. The van der Waals surface area contributed by atoms with E-state index in [1.807, 2.05) is 24.3 Å². The molecule has 0 aliphatic carbocycles. The maximum atomic E-state index is 13.3. The van der Waals surface area contributed by atoms with Gasteiger partial charge < -0.3 is 15.0 Å². The summed E-state index contributed by atoms with van der Waals surface area (Å²) in [6, 6.07) is 10.4. The molecule has 0 radical (unpaired) electrons. The van der Waals surface area contributed by atoms with Gasteiger partial charge in [-0.05, 0) is 43.2 Å². The third-order valence-corrected chi connectivity index (χ3v) is 4.60. The molecule has 0 spiro atoms.